The molecule has 3 aromatic rings. The van der Waals surface area contributed by atoms with Gasteiger partial charge in [0.25, 0.3) is 0 Å². The molecule has 0 N–H and O–H groups in total. The van der Waals surface area contributed by atoms with Gasteiger partial charge in [-0.15, -0.1) is 11.3 Å². The highest BCUT2D eigenvalue weighted by atomic mass is 32.1. The number of benzene rings is 1. The van der Waals surface area contributed by atoms with E-state index in [1.54, 1.807) is 0 Å². The van der Waals surface area contributed by atoms with E-state index in [0.717, 1.165) is 11.0 Å². The van der Waals surface area contributed by atoms with Crippen LogP contribution in [0.25, 0.3) is 0 Å². The number of aromatic nitrogens is 1. The molecular formula is C18H12F4N2O3S. The van der Waals surface area contributed by atoms with E-state index in [1.807, 2.05) is 0 Å². The van der Waals surface area contributed by atoms with E-state index in [2.05, 4.69) is 4.98 Å². The highest BCUT2D eigenvalue weighted by molar-refractivity contribution is 7.10. The number of amides is 1. The second kappa shape index (κ2) is 7.85. The van der Waals surface area contributed by atoms with Gasteiger partial charge in [0.2, 0.25) is 12.3 Å². The van der Waals surface area contributed by atoms with Crippen molar-refractivity contribution < 1.29 is 31.8 Å². The summed E-state index contributed by atoms with van der Waals surface area (Å²) in [4.78, 5) is 16.0. The lowest BCUT2D eigenvalue weighted by Crippen LogP contribution is -2.15. The van der Waals surface area contributed by atoms with Gasteiger partial charge in [0.05, 0.1) is 12.8 Å². The van der Waals surface area contributed by atoms with E-state index in [-0.39, 0.29) is 23.2 Å². The fraction of sp³-hybridized carbons (Fsp3) is 0.111. The smallest absolute Gasteiger partial charge is 0.425 e. The number of halogens is 4. The summed E-state index contributed by atoms with van der Waals surface area (Å²) in [5.74, 6) is -0.254. The minimum absolute atomic E-state index is 0.0523. The molecule has 10 heteroatoms. The molecule has 0 bridgehead atoms. The number of hydrogen-bond acceptors (Lipinski definition) is 5. The maximum atomic E-state index is 13.1. The van der Waals surface area contributed by atoms with Crippen molar-refractivity contribution in [3.05, 3.63) is 58.5 Å². The SMILES string of the molecule is COc1cc(Oc2csc(C(F)(F)F)c2)nc(N(C=O)c2ccc(F)cc2)c1. The molecule has 146 valence electrons. The first-order valence-corrected chi connectivity index (χ1v) is 8.58. The van der Waals surface area contributed by atoms with E-state index in [1.165, 1.54) is 48.9 Å². The fourth-order valence-corrected chi connectivity index (χ4v) is 2.93. The lowest BCUT2D eigenvalue weighted by Gasteiger charge is -2.18. The molecule has 5 nitrogen and oxygen atoms in total. The van der Waals surface area contributed by atoms with Crippen molar-refractivity contribution in [2.45, 2.75) is 6.18 Å². The molecule has 0 spiro atoms. The second-order valence-electron chi connectivity index (χ2n) is 5.40. The van der Waals surface area contributed by atoms with Crippen molar-refractivity contribution in [2.75, 3.05) is 12.0 Å². The van der Waals surface area contributed by atoms with Gasteiger partial charge < -0.3 is 9.47 Å². The fourth-order valence-electron chi connectivity index (χ4n) is 2.25. The van der Waals surface area contributed by atoms with Crippen LogP contribution in [0.3, 0.4) is 0 Å². The second-order valence-corrected chi connectivity index (χ2v) is 6.31. The number of thiophene rings is 1. The Morgan fingerprint density at radius 2 is 1.82 bits per heavy atom. The Morgan fingerprint density at radius 3 is 2.39 bits per heavy atom. The number of alkyl halides is 3. The lowest BCUT2D eigenvalue weighted by atomic mass is 10.3. The van der Waals surface area contributed by atoms with Crippen LogP contribution in [-0.4, -0.2) is 18.5 Å². The van der Waals surface area contributed by atoms with E-state index < -0.39 is 16.9 Å². The van der Waals surface area contributed by atoms with Crippen LogP contribution in [0.4, 0.5) is 29.1 Å². The summed E-state index contributed by atoms with van der Waals surface area (Å²) in [5.41, 5.74) is 0.331. The molecule has 3 rings (SSSR count). The Bertz CT molecular complexity index is 974. The van der Waals surface area contributed by atoms with Crippen LogP contribution in [0, 0.1) is 5.82 Å². The normalized spacial score (nSPS) is 11.2. The largest absolute Gasteiger partial charge is 0.496 e. The third-order valence-corrected chi connectivity index (χ3v) is 4.49. The number of rotatable bonds is 6. The molecule has 2 aromatic heterocycles. The highest BCUT2D eigenvalue weighted by Gasteiger charge is 2.32. The number of pyridine rings is 1. The Hall–Kier alpha value is -3.14. The van der Waals surface area contributed by atoms with Gasteiger partial charge in [0.15, 0.2) is 0 Å². The monoisotopic (exact) mass is 412 g/mol. The summed E-state index contributed by atoms with van der Waals surface area (Å²) < 4.78 is 61.9. The predicted molar refractivity (Wildman–Crippen MR) is 94.8 cm³/mol. The molecule has 0 atom stereocenters. The van der Waals surface area contributed by atoms with Gasteiger partial charge in [-0.25, -0.2) is 4.39 Å². The quantitative estimate of drug-likeness (QED) is 0.402. The van der Waals surface area contributed by atoms with Crippen molar-refractivity contribution in [2.24, 2.45) is 0 Å². The summed E-state index contributed by atoms with van der Waals surface area (Å²) in [6.45, 7) is 0. The van der Waals surface area contributed by atoms with Crippen LogP contribution in [0.5, 0.6) is 17.4 Å². The van der Waals surface area contributed by atoms with Crippen molar-refractivity contribution >= 4 is 29.3 Å². The minimum Gasteiger partial charge on any atom is -0.496 e. The summed E-state index contributed by atoms with van der Waals surface area (Å²) >= 11 is 0.488. The minimum atomic E-state index is -4.48. The first-order chi connectivity index (χ1) is 13.3. The first-order valence-electron chi connectivity index (χ1n) is 7.70. The average Bonchev–Trinajstić information content (AvgIpc) is 3.12. The molecule has 0 saturated heterocycles. The zero-order valence-corrected chi connectivity index (χ0v) is 15.1. The third kappa shape index (κ3) is 4.39. The Kier molecular flexibility index (Phi) is 5.50. The van der Waals surface area contributed by atoms with Gasteiger partial charge in [-0.3, -0.25) is 9.69 Å². The molecule has 0 aliphatic rings. The molecule has 0 saturated carbocycles. The molecular weight excluding hydrogens is 400 g/mol. The number of nitrogens with zero attached hydrogens (tertiary/aromatic N) is 2. The zero-order valence-electron chi connectivity index (χ0n) is 14.2. The topological polar surface area (TPSA) is 51.7 Å². The number of methoxy groups -OCH3 is 1. The van der Waals surface area contributed by atoms with Gasteiger partial charge in [0.1, 0.15) is 28.0 Å². The van der Waals surface area contributed by atoms with E-state index in [4.69, 9.17) is 9.47 Å². The lowest BCUT2D eigenvalue weighted by molar-refractivity contribution is -0.134. The van der Waals surface area contributed by atoms with Crippen molar-refractivity contribution in [3.8, 4) is 17.4 Å². The van der Waals surface area contributed by atoms with E-state index >= 15 is 0 Å². The van der Waals surface area contributed by atoms with Gasteiger partial charge >= 0.3 is 6.18 Å². The van der Waals surface area contributed by atoms with Crippen LogP contribution >= 0.6 is 11.3 Å². The van der Waals surface area contributed by atoms with Crippen LogP contribution in [-0.2, 0) is 11.0 Å². The molecule has 0 radical (unpaired) electrons. The van der Waals surface area contributed by atoms with Crippen LogP contribution in [0.2, 0.25) is 0 Å². The van der Waals surface area contributed by atoms with Gasteiger partial charge in [-0.05, 0) is 24.3 Å². The standard InChI is InChI=1S/C18H12F4N2O3S/c1-26-13-7-16(24(10-25)12-4-2-11(19)3-5-12)23-17(8-13)27-14-6-15(28-9-14)18(20,21)22/h2-10H,1H3. The number of hydrogen-bond donors (Lipinski definition) is 0. The Labute approximate surface area is 160 Å². The zero-order chi connectivity index (χ0) is 20.3. The molecule has 2 heterocycles. The molecule has 28 heavy (non-hydrogen) atoms. The molecule has 1 amide bonds. The summed E-state index contributed by atoms with van der Waals surface area (Å²) in [5, 5.41) is 1.20. The van der Waals surface area contributed by atoms with Gasteiger partial charge in [-0.2, -0.15) is 18.2 Å². The third-order valence-electron chi connectivity index (χ3n) is 3.53. The van der Waals surface area contributed by atoms with Crippen molar-refractivity contribution in [3.63, 3.8) is 0 Å². The first kappa shape index (κ1) is 19.6. The van der Waals surface area contributed by atoms with Crippen molar-refractivity contribution in [1.29, 1.82) is 0 Å². The number of carbonyl (C=O) groups is 1. The molecule has 0 unspecified atom stereocenters. The molecule has 1 aromatic carbocycles. The maximum Gasteiger partial charge on any atom is 0.425 e. The van der Waals surface area contributed by atoms with E-state index in [9.17, 15) is 22.4 Å². The Balaban J connectivity index is 1.94. The summed E-state index contributed by atoms with van der Waals surface area (Å²) in [6, 6.07) is 8.74. The number of ether oxygens (including phenoxy) is 2. The molecule has 0 aliphatic heterocycles. The van der Waals surface area contributed by atoms with Gasteiger partial charge in [0, 0.05) is 23.6 Å². The van der Waals surface area contributed by atoms with Gasteiger partial charge in [-0.1, -0.05) is 0 Å². The van der Waals surface area contributed by atoms with Crippen LogP contribution < -0.4 is 14.4 Å². The van der Waals surface area contributed by atoms with E-state index in [0.29, 0.717) is 23.4 Å². The highest BCUT2D eigenvalue weighted by Crippen LogP contribution is 2.38. The molecule has 0 fully saturated rings. The van der Waals surface area contributed by atoms with Crippen LogP contribution in [0.1, 0.15) is 4.88 Å². The summed E-state index contributed by atoms with van der Waals surface area (Å²) in [6.07, 6.45) is -4.01. The number of anilines is 2. The molecule has 0 aliphatic carbocycles. The Morgan fingerprint density at radius 1 is 1.11 bits per heavy atom. The van der Waals surface area contributed by atoms with Crippen LogP contribution in [0.15, 0.2) is 47.8 Å². The predicted octanol–water partition coefficient (Wildman–Crippen LogP) is 5.40. The summed E-state index contributed by atoms with van der Waals surface area (Å²) in [7, 11) is 1.37. The number of carbonyl (C=O) groups excluding carboxylic acids is 1. The average molecular weight is 412 g/mol. The van der Waals surface area contributed by atoms with Crippen molar-refractivity contribution in [1.82, 2.24) is 4.98 Å². The maximum absolute atomic E-state index is 13.1.